The number of phenols is 1. The summed E-state index contributed by atoms with van der Waals surface area (Å²) in [5, 5.41) is 17.8. The van der Waals surface area contributed by atoms with Gasteiger partial charge in [0.2, 0.25) is 0 Å². The summed E-state index contributed by atoms with van der Waals surface area (Å²) in [5.74, 6) is 5.71. The first-order chi connectivity index (χ1) is 8.29. The molecule has 0 saturated heterocycles. The number of hydrogen-bond acceptors (Lipinski definition) is 2. The molecule has 2 nitrogen and oxygen atoms in total. The summed E-state index contributed by atoms with van der Waals surface area (Å²) in [5.41, 5.74) is 2.99. The normalized spacial score (nSPS) is 9.47. The predicted octanol–water partition coefficient (Wildman–Crippen LogP) is 2.40. The highest BCUT2D eigenvalue weighted by Gasteiger charge is 1.97. The molecule has 0 unspecified atom stereocenters. The Kier molecular flexibility index (Phi) is 3.44. The second-order valence-corrected chi connectivity index (χ2v) is 3.58. The van der Waals surface area contributed by atoms with Gasteiger partial charge in [0.25, 0.3) is 0 Å². The molecule has 0 fully saturated rings. The lowest BCUT2D eigenvalue weighted by atomic mass is 10.0. The largest absolute Gasteiger partial charge is 0.508 e. The van der Waals surface area contributed by atoms with Gasteiger partial charge in [0, 0.05) is 5.56 Å². The average molecular weight is 224 g/mol. The number of rotatable bonds is 1. The quantitative estimate of drug-likeness (QED) is 0.730. The van der Waals surface area contributed by atoms with Crippen LogP contribution in [0.25, 0.3) is 11.1 Å². The third-order valence-electron chi connectivity index (χ3n) is 2.40. The topological polar surface area (TPSA) is 40.5 Å². The summed E-state index contributed by atoms with van der Waals surface area (Å²) in [6.07, 6.45) is 0. The maximum absolute atomic E-state index is 9.20. The van der Waals surface area contributed by atoms with E-state index in [0.717, 1.165) is 16.7 Å². The van der Waals surface area contributed by atoms with Gasteiger partial charge in [-0.1, -0.05) is 36.1 Å². The fraction of sp³-hybridized carbons (Fsp3) is 0.0667. The number of benzene rings is 2. The first-order valence-corrected chi connectivity index (χ1v) is 5.29. The van der Waals surface area contributed by atoms with Crippen LogP contribution >= 0.6 is 0 Å². The molecular formula is C15H12O2. The molecule has 0 radical (unpaired) electrons. The molecule has 0 aliphatic rings. The summed E-state index contributed by atoms with van der Waals surface area (Å²) in [7, 11) is 0. The molecule has 17 heavy (non-hydrogen) atoms. The number of hydrogen-bond donors (Lipinski definition) is 2. The van der Waals surface area contributed by atoms with Crippen molar-refractivity contribution < 1.29 is 10.2 Å². The van der Waals surface area contributed by atoms with Gasteiger partial charge in [-0.25, -0.2) is 0 Å². The minimum Gasteiger partial charge on any atom is -0.508 e. The van der Waals surface area contributed by atoms with Crippen LogP contribution in [0.2, 0.25) is 0 Å². The predicted molar refractivity (Wildman–Crippen MR) is 67.5 cm³/mol. The van der Waals surface area contributed by atoms with Crippen LogP contribution in [0.15, 0.2) is 48.5 Å². The maximum Gasteiger partial charge on any atom is 0.115 e. The van der Waals surface area contributed by atoms with Crippen molar-refractivity contribution in [3.8, 4) is 28.7 Å². The minimum atomic E-state index is -0.125. The van der Waals surface area contributed by atoms with Crippen molar-refractivity contribution in [3.05, 3.63) is 54.1 Å². The molecule has 0 aliphatic heterocycles. The fourth-order valence-electron chi connectivity index (χ4n) is 1.54. The molecule has 0 aromatic heterocycles. The number of aliphatic hydroxyl groups excluding tert-OH is 1. The highest BCUT2D eigenvalue weighted by Crippen LogP contribution is 2.21. The molecule has 2 N–H and O–H groups in total. The van der Waals surface area contributed by atoms with Crippen molar-refractivity contribution in [1.82, 2.24) is 0 Å². The summed E-state index contributed by atoms with van der Waals surface area (Å²) in [4.78, 5) is 0. The van der Waals surface area contributed by atoms with E-state index in [2.05, 4.69) is 11.8 Å². The van der Waals surface area contributed by atoms with Crippen LogP contribution in [-0.2, 0) is 0 Å². The standard InChI is InChI=1S/C15H12O2/c16-11-1-2-12-3-5-13(6-4-12)14-7-9-15(17)10-8-14/h3-10,16-17H,11H2. The molecule has 2 heteroatoms. The highest BCUT2D eigenvalue weighted by molar-refractivity contribution is 5.65. The van der Waals surface area contributed by atoms with Gasteiger partial charge in [-0.05, 0) is 35.4 Å². The Labute approximate surface area is 100 Å². The second-order valence-electron chi connectivity index (χ2n) is 3.58. The first kappa shape index (κ1) is 11.3. The summed E-state index contributed by atoms with van der Waals surface area (Å²) < 4.78 is 0. The van der Waals surface area contributed by atoms with Gasteiger partial charge in [-0.3, -0.25) is 0 Å². The van der Waals surface area contributed by atoms with E-state index in [1.165, 1.54) is 0 Å². The molecule has 2 rings (SSSR count). The molecule has 0 aliphatic carbocycles. The molecule has 84 valence electrons. The highest BCUT2D eigenvalue weighted by atomic mass is 16.3. The zero-order chi connectivity index (χ0) is 12.1. The summed E-state index contributed by atoms with van der Waals surface area (Å²) in [6.45, 7) is -0.125. The van der Waals surface area contributed by atoms with E-state index in [1.54, 1.807) is 12.1 Å². The maximum atomic E-state index is 9.20. The molecule has 0 heterocycles. The van der Waals surface area contributed by atoms with Crippen LogP contribution in [0.1, 0.15) is 5.56 Å². The lowest BCUT2D eigenvalue weighted by Crippen LogP contribution is -1.80. The van der Waals surface area contributed by atoms with E-state index in [9.17, 15) is 5.11 Å². The van der Waals surface area contributed by atoms with E-state index in [1.807, 2.05) is 36.4 Å². The van der Waals surface area contributed by atoms with E-state index in [0.29, 0.717) is 0 Å². The average Bonchev–Trinajstić information content (AvgIpc) is 2.38. The van der Waals surface area contributed by atoms with Gasteiger partial charge in [-0.15, -0.1) is 0 Å². The zero-order valence-corrected chi connectivity index (χ0v) is 9.22. The van der Waals surface area contributed by atoms with Crippen molar-refractivity contribution in [2.75, 3.05) is 6.61 Å². The van der Waals surface area contributed by atoms with Gasteiger partial charge < -0.3 is 10.2 Å². The Morgan fingerprint density at radius 2 is 1.35 bits per heavy atom. The van der Waals surface area contributed by atoms with Gasteiger partial charge in [0.1, 0.15) is 12.4 Å². The van der Waals surface area contributed by atoms with Crippen LogP contribution in [0.5, 0.6) is 5.75 Å². The van der Waals surface area contributed by atoms with Crippen molar-refractivity contribution in [2.24, 2.45) is 0 Å². The lowest BCUT2D eigenvalue weighted by molar-refractivity contribution is 0.350. The fourth-order valence-corrected chi connectivity index (χ4v) is 1.54. The molecule has 2 aromatic rings. The molecule has 0 atom stereocenters. The van der Waals surface area contributed by atoms with Crippen LogP contribution in [0, 0.1) is 11.8 Å². The van der Waals surface area contributed by atoms with Crippen molar-refractivity contribution in [3.63, 3.8) is 0 Å². The Bertz CT molecular complexity index is 542. The summed E-state index contributed by atoms with van der Waals surface area (Å²) in [6, 6.07) is 14.8. The minimum absolute atomic E-state index is 0.125. The monoisotopic (exact) mass is 224 g/mol. The van der Waals surface area contributed by atoms with Gasteiger partial charge in [0.05, 0.1) is 0 Å². The van der Waals surface area contributed by atoms with Crippen molar-refractivity contribution in [1.29, 1.82) is 0 Å². The molecule has 0 amide bonds. The Balaban J connectivity index is 2.26. The van der Waals surface area contributed by atoms with Crippen molar-refractivity contribution in [2.45, 2.75) is 0 Å². The number of phenolic OH excluding ortho intramolecular Hbond substituents is 1. The van der Waals surface area contributed by atoms with E-state index >= 15 is 0 Å². The molecular weight excluding hydrogens is 212 g/mol. The van der Waals surface area contributed by atoms with E-state index < -0.39 is 0 Å². The number of aliphatic hydroxyl groups is 1. The van der Waals surface area contributed by atoms with E-state index in [-0.39, 0.29) is 12.4 Å². The zero-order valence-electron chi connectivity index (χ0n) is 9.22. The number of aromatic hydroxyl groups is 1. The van der Waals surface area contributed by atoms with Gasteiger partial charge >= 0.3 is 0 Å². The Morgan fingerprint density at radius 1 is 0.824 bits per heavy atom. The van der Waals surface area contributed by atoms with Gasteiger partial charge in [0.15, 0.2) is 0 Å². The van der Waals surface area contributed by atoms with E-state index in [4.69, 9.17) is 5.11 Å². The molecule has 0 bridgehead atoms. The first-order valence-electron chi connectivity index (χ1n) is 5.29. The smallest absolute Gasteiger partial charge is 0.115 e. The lowest BCUT2D eigenvalue weighted by Gasteiger charge is -2.01. The third kappa shape index (κ3) is 2.87. The van der Waals surface area contributed by atoms with Crippen molar-refractivity contribution >= 4 is 0 Å². The van der Waals surface area contributed by atoms with Gasteiger partial charge in [-0.2, -0.15) is 0 Å². The molecule has 0 spiro atoms. The third-order valence-corrected chi connectivity index (χ3v) is 2.40. The van der Waals surface area contributed by atoms with Crippen LogP contribution in [0.3, 0.4) is 0 Å². The van der Waals surface area contributed by atoms with Crippen LogP contribution in [0.4, 0.5) is 0 Å². The SMILES string of the molecule is OCC#Cc1ccc(-c2ccc(O)cc2)cc1. The second kappa shape index (κ2) is 5.20. The molecule has 0 saturated carbocycles. The Hall–Kier alpha value is -2.24. The van der Waals surface area contributed by atoms with Crippen LogP contribution in [-0.4, -0.2) is 16.8 Å². The van der Waals surface area contributed by atoms with Crippen LogP contribution < -0.4 is 0 Å². The Morgan fingerprint density at radius 3 is 1.88 bits per heavy atom. The molecule has 2 aromatic carbocycles. The summed E-state index contributed by atoms with van der Waals surface area (Å²) >= 11 is 0.